The van der Waals surface area contributed by atoms with Crippen molar-refractivity contribution in [2.24, 2.45) is 5.92 Å². The van der Waals surface area contributed by atoms with Gasteiger partial charge in [-0.25, -0.2) is 0 Å². The van der Waals surface area contributed by atoms with Crippen molar-refractivity contribution in [1.82, 2.24) is 0 Å². The molecule has 0 aliphatic rings. The van der Waals surface area contributed by atoms with Gasteiger partial charge in [-0.2, -0.15) is 0 Å². The Hall–Kier alpha value is -0.920. The summed E-state index contributed by atoms with van der Waals surface area (Å²) < 4.78 is 0. The number of rotatable bonds is 45. The molecule has 0 bridgehead atoms. The maximum Gasteiger partial charge on any atom is 0.143 e. The van der Waals surface area contributed by atoms with Gasteiger partial charge >= 0.3 is 0 Å². The maximum absolute atomic E-state index is 13.4. The molecule has 0 aliphatic heterocycles. The summed E-state index contributed by atoms with van der Waals surface area (Å²) in [6.07, 6.45) is 57.9. The summed E-state index contributed by atoms with van der Waals surface area (Å²) in [7, 11) is 0. The molecule has 0 unspecified atom stereocenters. The molecule has 0 spiro atoms. The van der Waals surface area contributed by atoms with E-state index in [1.165, 1.54) is 212 Å². The Bertz CT molecular complexity index is 697. The average Bonchev–Trinajstić information content (AvgIpc) is 3.15. The van der Waals surface area contributed by atoms with E-state index in [0.717, 1.165) is 44.9 Å². The number of carbonyl (C=O) groups excluding carboxylic acids is 2. The highest BCUT2D eigenvalue weighted by molar-refractivity contribution is 6.02. The molecule has 0 amide bonds. The third-order valence-electron chi connectivity index (χ3n) is 11.6. The SMILES string of the molecule is CCCCCCCC/C=C\CCCCCCCC(C(=O)CCCCCCCCCCCCCCC)C(=O)CCCCCCCCCCCCCCC. The number of carbonyl (C=O) groups is 2. The van der Waals surface area contributed by atoms with E-state index < -0.39 is 0 Å². The van der Waals surface area contributed by atoms with Crippen LogP contribution < -0.4 is 0 Å². The van der Waals surface area contributed by atoms with Crippen LogP contribution in [0.3, 0.4) is 0 Å². The van der Waals surface area contributed by atoms with Gasteiger partial charge in [0.15, 0.2) is 0 Å². The van der Waals surface area contributed by atoms with Crippen molar-refractivity contribution in [3.63, 3.8) is 0 Å². The number of allylic oxidation sites excluding steroid dienone is 2. The Kier molecular flexibility index (Phi) is 43.7. The van der Waals surface area contributed by atoms with E-state index in [1.54, 1.807) is 0 Å². The summed E-state index contributed by atoms with van der Waals surface area (Å²) in [5.41, 5.74) is 0. The zero-order valence-electron chi connectivity index (χ0n) is 36.2. The molecule has 52 heavy (non-hydrogen) atoms. The van der Waals surface area contributed by atoms with Crippen molar-refractivity contribution >= 4 is 11.6 Å². The lowest BCUT2D eigenvalue weighted by atomic mass is 9.87. The second kappa shape index (κ2) is 44.5. The van der Waals surface area contributed by atoms with Crippen molar-refractivity contribution in [3.8, 4) is 0 Å². The highest BCUT2D eigenvalue weighted by Gasteiger charge is 2.24. The summed E-state index contributed by atoms with van der Waals surface area (Å²) >= 11 is 0. The summed E-state index contributed by atoms with van der Waals surface area (Å²) in [6.45, 7) is 6.86. The molecule has 0 fully saturated rings. The van der Waals surface area contributed by atoms with Crippen molar-refractivity contribution in [3.05, 3.63) is 12.2 Å². The van der Waals surface area contributed by atoms with E-state index in [1.807, 2.05) is 0 Å². The first kappa shape index (κ1) is 51.1. The van der Waals surface area contributed by atoms with Crippen LogP contribution in [0.5, 0.6) is 0 Å². The van der Waals surface area contributed by atoms with Crippen molar-refractivity contribution < 1.29 is 9.59 Å². The zero-order valence-corrected chi connectivity index (χ0v) is 36.2. The largest absolute Gasteiger partial charge is 0.299 e. The van der Waals surface area contributed by atoms with E-state index in [0.29, 0.717) is 12.8 Å². The lowest BCUT2D eigenvalue weighted by Crippen LogP contribution is -2.24. The lowest BCUT2D eigenvalue weighted by Gasteiger charge is -2.15. The quantitative estimate of drug-likeness (QED) is 0.0355. The molecule has 0 radical (unpaired) electrons. The van der Waals surface area contributed by atoms with Gasteiger partial charge in [-0.3, -0.25) is 9.59 Å². The van der Waals surface area contributed by atoms with Gasteiger partial charge in [-0.1, -0.05) is 245 Å². The van der Waals surface area contributed by atoms with Gasteiger partial charge in [0.1, 0.15) is 11.6 Å². The molecule has 0 heterocycles. The fraction of sp³-hybridized carbons (Fsp3) is 0.920. The Balaban J connectivity index is 4.26. The van der Waals surface area contributed by atoms with E-state index in [2.05, 4.69) is 32.9 Å². The Labute approximate surface area is 328 Å². The molecule has 0 aromatic heterocycles. The second-order valence-electron chi connectivity index (χ2n) is 16.8. The van der Waals surface area contributed by atoms with Crippen LogP contribution in [0, 0.1) is 5.92 Å². The molecule has 0 saturated carbocycles. The maximum atomic E-state index is 13.4. The minimum atomic E-state index is -0.320. The van der Waals surface area contributed by atoms with Gasteiger partial charge in [0.2, 0.25) is 0 Å². The molecule has 2 nitrogen and oxygen atoms in total. The van der Waals surface area contributed by atoms with Crippen LogP contribution in [-0.2, 0) is 9.59 Å². The fourth-order valence-electron chi connectivity index (χ4n) is 7.90. The molecule has 2 heteroatoms. The van der Waals surface area contributed by atoms with E-state index >= 15 is 0 Å². The van der Waals surface area contributed by atoms with Gasteiger partial charge in [0, 0.05) is 12.8 Å². The second-order valence-corrected chi connectivity index (χ2v) is 16.8. The molecule has 0 aromatic rings. The van der Waals surface area contributed by atoms with Crippen molar-refractivity contribution in [2.45, 2.75) is 290 Å². The highest BCUT2D eigenvalue weighted by atomic mass is 16.1. The van der Waals surface area contributed by atoms with Gasteiger partial charge in [-0.15, -0.1) is 0 Å². The molecule has 0 rings (SSSR count). The van der Waals surface area contributed by atoms with E-state index in [4.69, 9.17) is 0 Å². The van der Waals surface area contributed by atoms with E-state index in [-0.39, 0.29) is 17.5 Å². The predicted molar refractivity (Wildman–Crippen MR) is 234 cm³/mol. The van der Waals surface area contributed by atoms with E-state index in [9.17, 15) is 9.59 Å². The Morgan fingerprint density at radius 3 is 0.827 bits per heavy atom. The minimum Gasteiger partial charge on any atom is -0.299 e. The topological polar surface area (TPSA) is 34.1 Å². The molecular formula is C50H96O2. The number of Topliss-reactive ketones (excluding diaryl/α,β-unsaturated/α-hetero) is 2. The van der Waals surface area contributed by atoms with Crippen LogP contribution in [0.2, 0.25) is 0 Å². The van der Waals surface area contributed by atoms with Crippen molar-refractivity contribution in [1.29, 1.82) is 0 Å². The Morgan fingerprint density at radius 1 is 0.308 bits per heavy atom. The summed E-state index contributed by atoms with van der Waals surface area (Å²) in [4.78, 5) is 26.7. The van der Waals surface area contributed by atoms with Gasteiger partial charge in [-0.05, 0) is 44.9 Å². The first-order valence-electron chi connectivity index (χ1n) is 24.4. The van der Waals surface area contributed by atoms with Crippen LogP contribution in [-0.4, -0.2) is 11.6 Å². The molecule has 308 valence electrons. The van der Waals surface area contributed by atoms with Gasteiger partial charge in [0.25, 0.3) is 0 Å². The molecule has 0 aromatic carbocycles. The molecule has 0 atom stereocenters. The number of unbranched alkanes of at least 4 members (excludes halogenated alkanes) is 35. The smallest absolute Gasteiger partial charge is 0.143 e. The molecule has 0 saturated heterocycles. The highest BCUT2D eigenvalue weighted by Crippen LogP contribution is 2.22. The zero-order chi connectivity index (χ0) is 37.8. The Morgan fingerprint density at radius 2 is 0.538 bits per heavy atom. The molecule has 0 N–H and O–H groups in total. The first-order valence-corrected chi connectivity index (χ1v) is 24.4. The van der Waals surface area contributed by atoms with Crippen LogP contribution in [0.25, 0.3) is 0 Å². The third kappa shape index (κ3) is 38.8. The average molecular weight is 729 g/mol. The predicted octanol–water partition coefficient (Wildman–Crippen LogP) is 17.7. The molecule has 0 aliphatic carbocycles. The summed E-state index contributed by atoms with van der Waals surface area (Å²) in [5, 5.41) is 0. The standard InChI is InChI=1S/C50H96O2/c1-4-7-10-13-16-19-22-25-26-29-30-33-36-39-42-45-48(49(51)46-43-40-37-34-31-27-23-20-17-14-11-8-5-2)50(52)47-44-41-38-35-32-28-24-21-18-15-12-9-6-3/h25-26,48H,4-24,27-47H2,1-3H3/b26-25-. The molecular weight excluding hydrogens is 633 g/mol. The minimum absolute atomic E-state index is 0.262. The summed E-state index contributed by atoms with van der Waals surface area (Å²) in [6, 6.07) is 0. The number of ketones is 2. The van der Waals surface area contributed by atoms with Crippen LogP contribution in [0.4, 0.5) is 0 Å². The van der Waals surface area contributed by atoms with Gasteiger partial charge in [0.05, 0.1) is 5.92 Å². The normalized spacial score (nSPS) is 11.8. The van der Waals surface area contributed by atoms with Crippen LogP contribution >= 0.6 is 0 Å². The van der Waals surface area contributed by atoms with Crippen LogP contribution in [0.1, 0.15) is 290 Å². The van der Waals surface area contributed by atoms with Gasteiger partial charge < -0.3 is 0 Å². The number of hydrogen-bond acceptors (Lipinski definition) is 2. The lowest BCUT2D eigenvalue weighted by molar-refractivity contribution is -0.133. The van der Waals surface area contributed by atoms with Crippen molar-refractivity contribution in [2.75, 3.05) is 0 Å². The first-order chi connectivity index (χ1) is 25.7. The summed E-state index contributed by atoms with van der Waals surface area (Å²) in [5.74, 6) is 0.205. The monoisotopic (exact) mass is 729 g/mol. The number of hydrogen-bond donors (Lipinski definition) is 0. The van der Waals surface area contributed by atoms with Crippen LogP contribution in [0.15, 0.2) is 12.2 Å². The third-order valence-corrected chi connectivity index (χ3v) is 11.6. The fourth-order valence-corrected chi connectivity index (χ4v) is 7.90.